The summed E-state index contributed by atoms with van der Waals surface area (Å²) in [6, 6.07) is 13.6. The molecule has 2 amide bonds. The van der Waals surface area contributed by atoms with Gasteiger partial charge in [0.05, 0.1) is 11.7 Å². The molecule has 4 nitrogen and oxygen atoms in total. The number of benzene rings is 2. The highest BCUT2D eigenvalue weighted by Crippen LogP contribution is 2.30. The van der Waals surface area contributed by atoms with Crippen LogP contribution in [0.15, 0.2) is 54.6 Å². The van der Waals surface area contributed by atoms with E-state index in [1.165, 1.54) is 12.1 Å². The van der Waals surface area contributed by atoms with Gasteiger partial charge in [-0.1, -0.05) is 24.3 Å². The number of urea groups is 1. The number of para-hydroxylation sites is 1. The lowest BCUT2D eigenvalue weighted by Crippen LogP contribution is -2.41. The van der Waals surface area contributed by atoms with Crippen LogP contribution in [0.25, 0.3) is 0 Å². The van der Waals surface area contributed by atoms with Crippen LogP contribution in [-0.4, -0.2) is 18.2 Å². The molecule has 0 heterocycles. The molecule has 0 aromatic heterocycles. The molecule has 0 aliphatic heterocycles. The zero-order valence-electron chi connectivity index (χ0n) is 14.6. The molecule has 144 valence electrons. The van der Waals surface area contributed by atoms with Crippen molar-refractivity contribution in [2.75, 3.05) is 5.32 Å². The van der Waals surface area contributed by atoms with E-state index in [1.807, 2.05) is 30.3 Å². The molecule has 2 aromatic carbocycles. The predicted octanol–water partition coefficient (Wildman–Crippen LogP) is 5.22. The zero-order chi connectivity index (χ0) is 19.3. The fourth-order valence-corrected chi connectivity index (χ4v) is 3.14. The first-order chi connectivity index (χ1) is 12.9. The predicted molar refractivity (Wildman–Crippen MR) is 96.7 cm³/mol. The first-order valence-electron chi connectivity index (χ1n) is 8.86. The molecular formula is C20H21F3N2O2. The lowest BCUT2D eigenvalue weighted by molar-refractivity contribution is -0.137. The van der Waals surface area contributed by atoms with Crippen molar-refractivity contribution in [3.8, 4) is 5.75 Å². The molecule has 2 N–H and O–H groups in total. The summed E-state index contributed by atoms with van der Waals surface area (Å²) in [5, 5.41) is 5.29. The van der Waals surface area contributed by atoms with Crippen molar-refractivity contribution in [2.45, 2.75) is 44.0 Å². The van der Waals surface area contributed by atoms with E-state index in [2.05, 4.69) is 10.6 Å². The Kier molecular flexibility index (Phi) is 5.88. The van der Waals surface area contributed by atoms with Gasteiger partial charge in [-0.05, 0) is 56.0 Å². The fourth-order valence-electron chi connectivity index (χ4n) is 3.14. The summed E-state index contributed by atoms with van der Waals surface area (Å²) < 4.78 is 44.1. The first kappa shape index (κ1) is 19.1. The number of rotatable bonds is 4. The largest absolute Gasteiger partial charge is 0.490 e. The summed E-state index contributed by atoms with van der Waals surface area (Å²) in [5.41, 5.74) is -0.678. The van der Waals surface area contributed by atoms with Crippen LogP contribution in [0.1, 0.15) is 31.2 Å². The SMILES string of the molecule is O=C(Nc1cccc(C(F)(F)F)c1)NC1CCC(Oc2ccccc2)CC1. The Morgan fingerprint density at radius 2 is 1.67 bits per heavy atom. The highest BCUT2D eigenvalue weighted by molar-refractivity contribution is 5.89. The molecule has 1 fully saturated rings. The Morgan fingerprint density at radius 1 is 0.963 bits per heavy atom. The van der Waals surface area contributed by atoms with Gasteiger partial charge in [-0.15, -0.1) is 0 Å². The van der Waals surface area contributed by atoms with Crippen molar-refractivity contribution in [3.63, 3.8) is 0 Å². The van der Waals surface area contributed by atoms with Gasteiger partial charge in [-0.2, -0.15) is 13.2 Å². The van der Waals surface area contributed by atoms with Crippen molar-refractivity contribution in [3.05, 3.63) is 60.2 Å². The van der Waals surface area contributed by atoms with Gasteiger partial charge < -0.3 is 15.4 Å². The average Bonchev–Trinajstić information content (AvgIpc) is 2.64. The van der Waals surface area contributed by atoms with Crippen LogP contribution in [0.4, 0.5) is 23.7 Å². The van der Waals surface area contributed by atoms with E-state index in [0.29, 0.717) is 0 Å². The third-order valence-corrected chi connectivity index (χ3v) is 4.50. The van der Waals surface area contributed by atoms with Crippen LogP contribution in [-0.2, 0) is 6.18 Å². The molecular weight excluding hydrogens is 357 g/mol. The summed E-state index contributed by atoms with van der Waals surface area (Å²) in [5.74, 6) is 0.830. The van der Waals surface area contributed by atoms with Gasteiger partial charge >= 0.3 is 12.2 Å². The molecule has 3 rings (SSSR count). The number of hydrogen-bond donors (Lipinski definition) is 2. The van der Waals surface area contributed by atoms with Gasteiger partial charge in [-0.25, -0.2) is 4.79 Å². The summed E-state index contributed by atoms with van der Waals surface area (Å²) >= 11 is 0. The number of halogens is 3. The third-order valence-electron chi connectivity index (χ3n) is 4.50. The van der Waals surface area contributed by atoms with E-state index in [4.69, 9.17) is 4.74 Å². The summed E-state index contributed by atoms with van der Waals surface area (Å²) in [6.45, 7) is 0. The minimum Gasteiger partial charge on any atom is -0.490 e. The summed E-state index contributed by atoms with van der Waals surface area (Å²) in [6.07, 6.45) is -1.20. The molecule has 1 saturated carbocycles. The smallest absolute Gasteiger partial charge is 0.416 e. The van der Waals surface area contributed by atoms with E-state index in [1.54, 1.807) is 0 Å². The van der Waals surface area contributed by atoms with Crippen LogP contribution in [0.5, 0.6) is 5.75 Å². The standard InChI is InChI=1S/C20H21F3N2O2/c21-20(22,23)14-5-4-6-16(13-14)25-19(26)24-15-9-11-18(12-10-15)27-17-7-2-1-3-8-17/h1-8,13,15,18H,9-12H2,(H2,24,25,26). The summed E-state index contributed by atoms with van der Waals surface area (Å²) in [7, 11) is 0. The maximum Gasteiger partial charge on any atom is 0.416 e. The monoisotopic (exact) mass is 378 g/mol. The molecule has 0 radical (unpaired) electrons. The Bertz CT molecular complexity index is 757. The Balaban J connectivity index is 1.46. The number of carbonyl (C=O) groups is 1. The quantitative estimate of drug-likeness (QED) is 0.767. The van der Waals surface area contributed by atoms with Crippen LogP contribution < -0.4 is 15.4 Å². The molecule has 1 aliphatic rings. The fraction of sp³-hybridized carbons (Fsp3) is 0.350. The summed E-state index contributed by atoms with van der Waals surface area (Å²) in [4.78, 5) is 12.1. The average molecular weight is 378 g/mol. The number of nitrogens with one attached hydrogen (secondary N) is 2. The van der Waals surface area contributed by atoms with Crippen molar-refractivity contribution < 1.29 is 22.7 Å². The highest BCUT2D eigenvalue weighted by atomic mass is 19.4. The van der Waals surface area contributed by atoms with Gasteiger partial charge in [0.25, 0.3) is 0 Å². The van der Waals surface area contributed by atoms with Crippen LogP contribution in [0.2, 0.25) is 0 Å². The lowest BCUT2D eigenvalue weighted by Gasteiger charge is -2.29. The molecule has 0 spiro atoms. The van der Waals surface area contributed by atoms with E-state index < -0.39 is 17.8 Å². The first-order valence-corrected chi connectivity index (χ1v) is 8.86. The van der Waals surface area contributed by atoms with Crippen molar-refractivity contribution in [1.29, 1.82) is 0 Å². The molecule has 1 aliphatic carbocycles. The molecule has 0 saturated heterocycles. The lowest BCUT2D eigenvalue weighted by atomic mass is 9.93. The van der Waals surface area contributed by atoms with Gasteiger partial charge in [0.15, 0.2) is 0 Å². The second kappa shape index (κ2) is 8.33. The van der Waals surface area contributed by atoms with Crippen molar-refractivity contribution in [2.24, 2.45) is 0 Å². The molecule has 7 heteroatoms. The molecule has 0 atom stereocenters. The van der Waals surface area contributed by atoms with Gasteiger partial charge in [0.2, 0.25) is 0 Å². The van der Waals surface area contributed by atoms with E-state index in [0.717, 1.165) is 43.6 Å². The number of carbonyl (C=O) groups excluding carboxylic acids is 1. The van der Waals surface area contributed by atoms with Gasteiger partial charge in [0, 0.05) is 11.7 Å². The van der Waals surface area contributed by atoms with Crippen LogP contribution in [0.3, 0.4) is 0 Å². The van der Waals surface area contributed by atoms with E-state index in [9.17, 15) is 18.0 Å². The van der Waals surface area contributed by atoms with Crippen molar-refractivity contribution in [1.82, 2.24) is 5.32 Å². The number of hydrogen-bond acceptors (Lipinski definition) is 2. The van der Waals surface area contributed by atoms with Gasteiger partial charge in [0.1, 0.15) is 5.75 Å². The van der Waals surface area contributed by atoms with Crippen molar-refractivity contribution >= 4 is 11.7 Å². The van der Waals surface area contributed by atoms with E-state index in [-0.39, 0.29) is 17.8 Å². The van der Waals surface area contributed by atoms with E-state index >= 15 is 0 Å². The maximum absolute atomic E-state index is 12.7. The number of amides is 2. The second-order valence-corrected chi connectivity index (χ2v) is 6.58. The second-order valence-electron chi connectivity index (χ2n) is 6.58. The Morgan fingerprint density at radius 3 is 2.33 bits per heavy atom. The van der Waals surface area contributed by atoms with Gasteiger partial charge in [-0.3, -0.25) is 0 Å². The molecule has 0 unspecified atom stereocenters. The Hall–Kier alpha value is -2.70. The van der Waals surface area contributed by atoms with Crippen LogP contribution >= 0.6 is 0 Å². The number of anilines is 1. The topological polar surface area (TPSA) is 50.4 Å². The minimum absolute atomic E-state index is 0.0218. The maximum atomic E-state index is 12.7. The number of alkyl halides is 3. The normalized spacial score (nSPS) is 20.0. The molecule has 0 bridgehead atoms. The molecule has 2 aromatic rings. The minimum atomic E-state index is -4.44. The zero-order valence-corrected chi connectivity index (χ0v) is 14.6. The number of ether oxygens (including phenoxy) is 1. The third kappa shape index (κ3) is 5.64. The molecule has 27 heavy (non-hydrogen) atoms. The van der Waals surface area contributed by atoms with Crippen LogP contribution in [0, 0.1) is 0 Å². The Labute approximate surface area is 155 Å². The highest BCUT2D eigenvalue weighted by Gasteiger charge is 2.30.